The van der Waals surface area contributed by atoms with Gasteiger partial charge in [-0.3, -0.25) is 5.10 Å². The second kappa shape index (κ2) is 7.04. The van der Waals surface area contributed by atoms with E-state index in [2.05, 4.69) is 27.4 Å². The molecule has 2 rings (SSSR count). The van der Waals surface area contributed by atoms with Crippen molar-refractivity contribution >= 4 is 11.8 Å². The lowest BCUT2D eigenvalue weighted by Gasteiger charge is -2.18. The minimum absolute atomic E-state index is 0.0857. The van der Waals surface area contributed by atoms with Crippen LogP contribution in [-0.4, -0.2) is 21.7 Å². The number of hydrogen-bond acceptors (Lipinski definition) is 4. The zero-order valence-electron chi connectivity index (χ0n) is 12.8. The average molecular weight is 308 g/mol. The molecule has 1 atom stereocenters. The number of aromatic nitrogens is 3. The van der Waals surface area contributed by atoms with Crippen molar-refractivity contribution in [3.05, 3.63) is 34.9 Å². The first-order chi connectivity index (χ1) is 10.0. The first-order valence-corrected chi connectivity index (χ1v) is 7.93. The third-order valence-electron chi connectivity index (χ3n) is 3.24. The minimum atomic E-state index is -0.175. The molecule has 6 heteroatoms. The van der Waals surface area contributed by atoms with Crippen molar-refractivity contribution in [3.8, 4) is 0 Å². The number of rotatable bonds is 6. The first kappa shape index (κ1) is 16.0. The first-order valence-electron chi connectivity index (χ1n) is 7.11. The molecule has 21 heavy (non-hydrogen) atoms. The van der Waals surface area contributed by atoms with Gasteiger partial charge in [0.1, 0.15) is 11.6 Å². The molecule has 1 aromatic heterocycles. The van der Waals surface area contributed by atoms with E-state index in [9.17, 15) is 4.39 Å². The predicted octanol–water partition coefficient (Wildman–Crippen LogP) is 3.77. The van der Waals surface area contributed by atoms with Crippen LogP contribution in [0.5, 0.6) is 0 Å². The molecule has 0 spiro atoms. The summed E-state index contributed by atoms with van der Waals surface area (Å²) in [5.74, 6) is 0.598. The highest BCUT2D eigenvalue weighted by molar-refractivity contribution is 7.99. The van der Waals surface area contributed by atoms with E-state index in [4.69, 9.17) is 0 Å². The fourth-order valence-electron chi connectivity index (χ4n) is 2.03. The predicted molar refractivity (Wildman–Crippen MR) is 83.1 cm³/mol. The summed E-state index contributed by atoms with van der Waals surface area (Å²) in [5, 5.41) is 11.0. The number of nitrogens with one attached hydrogen (secondary N) is 2. The molecule has 0 amide bonds. The summed E-state index contributed by atoms with van der Waals surface area (Å²) in [6.45, 7) is 8.70. The smallest absolute Gasteiger partial charge is 0.213 e. The molecule has 2 N–H and O–H groups in total. The maximum atomic E-state index is 13.9. The van der Waals surface area contributed by atoms with Gasteiger partial charge in [0.15, 0.2) is 0 Å². The van der Waals surface area contributed by atoms with E-state index in [1.807, 2.05) is 19.9 Å². The Bertz CT molecular complexity index is 612. The molecule has 0 radical (unpaired) electrons. The van der Waals surface area contributed by atoms with Crippen LogP contribution in [0.3, 0.4) is 0 Å². The number of aromatic amines is 1. The van der Waals surface area contributed by atoms with Gasteiger partial charge in [-0.25, -0.2) is 9.37 Å². The van der Waals surface area contributed by atoms with Gasteiger partial charge in [0.05, 0.1) is 0 Å². The van der Waals surface area contributed by atoms with Crippen LogP contribution in [0.25, 0.3) is 0 Å². The zero-order valence-corrected chi connectivity index (χ0v) is 13.6. The van der Waals surface area contributed by atoms with E-state index in [0.717, 1.165) is 29.2 Å². The second-order valence-electron chi connectivity index (χ2n) is 5.12. The molecular weight excluding hydrogens is 287 g/mol. The lowest BCUT2D eigenvalue weighted by atomic mass is 10.1. The number of halogens is 1. The van der Waals surface area contributed by atoms with E-state index in [0.29, 0.717) is 10.7 Å². The average Bonchev–Trinajstić information content (AvgIpc) is 2.85. The van der Waals surface area contributed by atoms with Crippen LogP contribution in [0.15, 0.2) is 22.2 Å². The van der Waals surface area contributed by atoms with Gasteiger partial charge in [-0.2, -0.15) is 0 Å². The summed E-state index contributed by atoms with van der Waals surface area (Å²) in [6.07, 6.45) is 1.04. The van der Waals surface area contributed by atoms with Gasteiger partial charge in [0.25, 0.3) is 0 Å². The van der Waals surface area contributed by atoms with E-state index < -0.39 is 0 Å². The van der Waals surface area contributed by atoms with Gasteiger partial charge in [-0.05, 0) is 68.8 Å². The quantitative estimate of drug-likeness (QED) is 0.853. The minimum Gasteiger partial charge on any atom is -0.310 e. The highest BCUT2D eigenvalue weighted by Crippen LogP contribution is 2.33. The highest BCUT2D eigenvalue weighted by atomic mass is 32.2. The Balaban J connectivity index is 2.31. The maximum absolute atomic E-state index is 13.9. The molecule has 0 aliphatic carbocycles. The Kier molecular flexibility index (Phi) is 5.36. The van der Waals surface area contributed by atoms with Gasteiger partial charge in [0.2, 0.25) is 5.16 Å². The Morgan fingerprint density at radius 1 is 1.38 bits per heavy atom. The van der Waals surface area contributed by atoms with Crippen molar-refractivity contribution in [2.24, 2.45) is 0 Å². The Labute approximate surface area is 128 Å². The van der Waals surface area contributed by atoms with E-state index in [1.165, 1.54) is 11.8 Å². The second-order valence-corrected chi connectivity index (χ2v) is 6.13. The largest absolute Gasteiger partial charge is 0.310 e. The third kappa shape index (κ3) is 4.04. The number of H-pyrrole nitrogens is 1. The van der Waals surface area contributed by atoms with E-state index in [1.54, 1.807) is 13.0 Å². The molecule has 0 aliphatic rings. The normalized spacial score (nSPS) is 12.6. The Hall–Kier alpha value is -1.40. The summed E-state index contributed by atoms with van der Waals surface area (Å²) >= 11 is 1.46. The van der Waals surface area contributed by atoms with Crippen molar-refractivity contribution in [1.29, 1.82) is 0 Å². The van der Waals surface area contributed by atoms with E-state index >= 15 is 0 Å². The molecule has 1 unspecified atom stereocenters. The molecule has 0 aliphatic heterocycles. The van der Waals surface area contributed by atoms with Crippen LogP contribution in [-0.2, 0) is 0 Å². The summed E-state index contributed by atoms with van der Waals surface area (Å²) in [7, 11) is 0. The highest BCUT2D eigenvalue weighted by Gasteiger charge is 2.15. The van der Waals surface area contributed by atoms with Gasteiger partial charge in [-0.1, -0.05) is 6.92 Å². The number of hydrogen-bond donors (Lipinski definition) is 2. The fraction of sp³-hybridized carbons (Fsp3) is 0.467. The molecule has 1 heterocycles. The summed E-state index contributed by atoms with van der Waals surface area (Å²) < 4.78 is 13.9. The van der Waals surface area contributed by atoms with Gasteiger partial charge < -0.3 is 5.32 Å². The molecule has 1 aromatic carbocycles. The molecular formula is C15H21FN4S. The monoisotopic (exact) mass is 308 g/mol. The molecule has 0 saturated carbocycles. The summed E-state index contributed by atoms with van der Waals surface area (Å²) in [4.78, 5) is 5.29. The van der Waals surface area contributed by atoms with Crippen molar-refractivity contribution in [1.82, 2.24) is 20.5 Å². The van der Waals surface area contributed by atoms with Crippen LogP contribution in [0.4, 0.5) is 4.39 Å². The van der Waals surface area contributed by atoms with Crippen LogP contribution < -0.4 is 5.32 Å². The van der Waals surface area contributed by atoms with Crippen molar-refractivity contribution in [2.45, 2.75) is 50.2 Å². The topological polar surface area (TPSA) is 53.6 Å². The number of nitrogens with zero attached hydrogens (tertiary/aromatic N) is 2. The molecule has 114 valence electrons. The fourth-order valence-corrected chi connectivity index (χ4v) is 3.09. The third-order valence-corrected chi connectivity index (χ3v) is 4.17. The lowest BCUT2D eigenvalue weighted by molar-refractivity contribution is 0.552. The van der Waals surface area contributed by atoms with Crippen molar-refractivity contribution in [2.75, 3.05) is 6.54 Å². The van der Waals surface area contributed by atoms with Crippen LogP contribution in [0, 0.1) is 19.7 Å². The van der Waals surface area contributed by atoms with Crippen molar-refractivity contribution < 1.29 is 4.39 Å². The lowest BCUT2D eigenvalue weighted by Crippen LogP contribution is -2.20. The summed E-state index contributed by atoms with van der Waals surface area (Å²) in [6, 6.07) is 3.57. The number of benzene rings is 1. The van der Waals surface area contributed by atoms with Crippen molar-refractivity contribution in [3.63, 3.8) is 0 Å². The van der Waals surface area contributed by atoms with Crippen LogP contribution in [0.1, 0.15) is 43.3 Å². The maximum Gasteiger partial charge on any atom is 0.213 e. The molecule has 0 saturated heterocycles. The van der Waals surface area contributed by atoms with Gasteiger partial charge >= 0.3 is 0 Å². The summed E-state index contributed by atoms with van der Waals surface area (Å²) in [5.41, 5.74) is 1.58. The van der Waals surface area contributed by atoms with Crippen LogP contribution >= 0.6 is 11.8 Å². The molecule has 0 bridgehead atoms. The zero-order chi connectivity index (χ0) is 15.4. The molecule has 0 fully saturated rings. The van der Waals surface area contributed by atoms with Gasteiger partial charge in [0, 0.05) is 10.9 Å². The molecule has 4 nitrogen and oxygen atoms in total. The Morgan fingerprint density at radius 3 is 2.76 bits per heavy atom. The SMILES string of the molecule is CCCNC(C)c1cc(F)c(C)cc1Sc1n[nH]c(C)n1. The number of aryl methyl sites for hydroxylation is 2. The standard InChI is InChI=1S/C15H21FN4S/c1-5-6-17-10(3)12-8-13(16)9(2)7-14(12)21-15-18-11(4)19-20-15/h7-8,10,17H,5-6H2,1-4H3,(H,18,19,20). The Morgan fingerprint density at radius 2 is 2.14 bits per heavy atom. The molecule has 2 aromatic rings. The van der Waals surface area contributed by atoms with Crippen LogP contribution in [0.2, 0.25) is 0 Å². The van der Waals surface area contributed by atoms with E-state index in [-0.39, 0.29) is 11.9 Å². The van der Waals surface area contributed by atoms with Gasteiger partial charge in [-0.15, -0.1) is 5.10 Å².